The minimum absolute atomic E-state index is 0.00979. The van der Waals surface area contributed by atoms with Gasteiger partial charge in [0.25, 0.3) is 0 Å². The lowest BCUT2D eigenvalue weighted by molar-refractivity contribution is -0.115. The van der Waals surface area contributed by atoms with Crippen molar-refractivity contribution in [1.29, 1.82) is 5.41 Å². The number of carbonyl (C=O) groups excluding carboxylic acids is 1. The molecule has 26 heavy (non-hydrogen) atoms. The number of carboxylic acids is 1. The molecule has 10 heteroatoms. The summed E-state index contributed by atoms with van der Waals surface area (Å²) >= 11 is 0. The zero-order valence-corrected chi connectivity index (χ0v) is 14.2. The Hall–Kier alpha value is -3.24. The van der Waals surface area contributed by atoms with Gasteiger partial charge >= 0.3 is 5.97 Å². The molecular formula is C16H16N4O5S. The Kier molecular flexibility index (Phi) is 5.70. The van der Waals surface area contributed by atoms with Crippen molar-refractivity contribution < 1.29 is 23.1 Å². The maximum atomic E-state index is 12.2. The second kappa shape index (κ2) is 7.76. The Balaban J connectivity index is 2.04. The van der Waals surface area contributed by atoms with Gasteiger partial charge in [-0.05, 0) is 30.3 Å². The molecule has 1 amide bonds. The number of hydrogen-bond acceptors (Lipinski definition) is 5. The SMILES string of the molecule is N=C(N)c1cccc(S(=O)(=O)NCC(=O)Nc2cccc(C(=O)O)c2)c1. The third-order valence-corrected chi connectivity index (χ3v) is 4.67. The number of nitrogen functional groups attached to an aromatic ring is 1. The van der Waals surface area contributed by atoms with Crippen molar-refractivity contribution in [3.8, 4) is 0 Å². The molecule has 0 saturated carbocycles. The molecule has 0 spiro atoms. The summed E-state index contributed by atoms with van der Waals surface area (Å²) in [5, 5.41) is 18.7. The van der Waals surface area contributed by atoms with E-state index in [1.165, 1.54) is 48.5 Å². The van der Waals surface area contributed by atoms with Crippen molar-refractivity contribution in [3.05, 3.63) is 59.7 Å². The summed E-state index contributed by atoms with van der Waals surface area (Å²) in [5.74, 6) is -2.09. The van der Waals surface area contributed by atoms with Crippen LogP contribution in [-0.4, -0.2) is 37.8 Å². The summed E-state index contributed by atoms with van der Waals surface area (Å²) in [7, 11) is -3.98. The van der Waals surface area contributed by atoms with Crippen LogP contribution in [0.25, 0.3) is 0 Å². The van der Waals surface area contributed by atoms with Crippen molar-refractivity contribution >= 4 is 33.4 Å². The standard InChI is InChI=1S/C16H16N4O5S/c17-15(18)10-3-2-6-13(8-10)26(24,25)19-9-14(21)20-12-5-1-4-11(7-12)16(22)23/h1-8,19H,9H2,(H3,17,18)(H,20,21)(H,22,23). The van der Waals surface area contributed by atoms with E-state index < -0.39 is 28.4 Å². The number of nitrogens with one attached hydrogen (secondary N) is 3. The van der Waals surface area contributed by atoms with Crippen LogP contribution < -0.4 is 15.8 Å². The number of benzene rings is 2. The summed E-state index contributed by atoms with van der Waals surface area (Å²) in [6.07, 6.45) is 0. The third kappa shape index (κ3) is 4.88. The topological polar surface area (TPSA) is 162 Å². The Labute approximate surface area is 149 Å². The molecule has 0 aliphatic carbocycles. The number of carbonyl (C=O) groups is 2. The van der Waals surface area contributed by atoms with Crippen LogP contribution >= 0.6 is 0 Å². The molecule has 0 radical (unpaired) electrons. The quantitative estimate of drug-likeness (QED) is 0.351. The predicted octanol–water partition coefficient (Wildman–Crippen LogP) is 0.586. The molecule has 0 aliphatic rings. The van der Waals surface area contributed by atoms with Crippen molar-refractivity contribution in [2.75, 3.05) is 11.9 Å². The molecule has 0 aliphatic heterocycles. The summed E-state index contributed by atoms with van der Waals surface area (Å²) in [6, 6.07) is 11.0. The lowest BCUT2D eigenvalue weighted by Crippen LogP contribution is -2.33. The molecule has 2 aromatic rings. The number of carboxylic acid groups (broad SMARTS) is 1. The highest BCUT2D eigenvalue weighted by atomic mass is 32.2. The molecule has 0 atom stereocenters. The largest absolute Gasteiger partial charge is 0.478 e. The number of sulfonamides is 1. The smallest absolute Gasteiger partial charge is 0.335 e. The van der Waals surface area contributed by atoms with Crippen LogP contribution in [0.15, 0.2) is 53.4 Å². The monoisotopic (exact) mass is 376 g/mol. The van der Waals surface area contributed by atoms with Gasteiger partial charge in [-0.1, -0.05) is 18.2 Å². The minimum atomic E-state index is -3.98. The van der Waals surface area contributed by atoms with Gasteiger partial charge in [0.1, 0.15) is 5.84 Å². The van der Waals surface area contributed by atoms with Crippen LogP contribution in [0.1, 0.15) is 15.9 Å². The number of rotatable bonds is 7. The molecule has 0 heterocycles. The first-order valence-corrected chi connectivity index (χ1v) is 8.75. The Morgan fingerprint density at radius 2 is 1.73 bits per heavy atom. The maximum Gasteiger partial charge on any atom is 0.335 e. The van der Waals surface area contributed by atoms with Crippen LogP contribution in [0, 0.1) is 5.41 Å². The summed E-state index contributed by atoms with van der Waals surface area (Å²) in [5.41, 5.74) is 5.79. The van der Waals surface area contributed by atoms with E-state index in [1.807, 2.05) is 0 Å². The number of amidine groups is 1. The van der Waals surface area contributed by atoms with Crippen molar-refractivity contribution in [1.82, 2.24) is 4.72 Å². The minimum Gasteiger partial charge on any atom is -0.478 e. The molecule has 0 bridgehead atoms. The predicted molar refractivity (Wildman–Crippen MR) is 94.7 cm³/mol. The lowest BCUT2D eigenvalue weighted by Gasteiger charge is -2.09. The molecule has 6 N–H and O–H groups in total. The van der Waals surface area contributed by atoms with Gasteiger partial charge in [0.15, 0.2) is 0 Å². The molecule has 0 unspecified atom stereocenters. The van der Waals surface area contributed by atoms with Gasteiger partial charge in [-0.15, -0.1) is 0 Å². The van der Waals surface area contributed by atoms with E-state index in [9.17, 15) is 18.0 Å². The van der Waals surface area contributed by atoms with Crippen LogP contribution in [0.3, 0.4) is 0 Å². The average Bonchev–Trinajstić information content (AvgIpc) is 2.60. The zero-order valence-electron chi connectivity index (χ0n) is 13.4. The highest BCUT2D eigenvalue weighted by molar-refractivity contribution is 7.89. The Morgan fingerprint density at radius 3 is 2.38 bits per heavy atom. The van der Waals surface area contributed by atoms with Gasteiger partial charge < -0.3 is 16.2 Å². The summed E-state index contributed by atoms with van der Waals surface area (Å²) in [4.78, 5) is 22.7. The van der Waals surface area contributed by atoms with E-state index in [-0.39, 0.29) is 27.5 Å². The molecule has 2 aromatic carbocycles. The average molecular weight is 376 g/mol. The van der Waals surface area contributed by atoms with Crippen molar-refractivity contribution in [3.63, 3.8) is 0 Å². The molecular weight excluding hydrogens is 360 g/mol. The first kappa shape index (κ1) is 19.1. The highest BCUT2D eigenvalue weighted by Crippen LogP contribution is 2.12. The van der Waals surface area contributed by atoms with Gasteiger partial charge in [0.05, 0.1) is 17.0 Å². The second-order valence-electron chi connectivity index (χ2n) is 5.20. The fraction of sp³-hybridized carbons (Fsp3) is 0.0625. The maximum absolute atomic E-state index is 12.2. The van der Waals surface area contributed by atoms with Crippen LogP contribution in [0.5, 0.6) is 0 Å². The Bertz CT molecular complexity index is 972. The summed E-state index contributed by atoms with van der Waals surface area (Å²) < 4.78 is 26.6. The van der Waals surface area contributed by atoms with Gasteiger partial charge in [0, 0.05) is 11.3 Å². The van der Waals surface area contributed by atoms with E-state index in [0.29, 0.717) is 0 Å². The van der Waals surface area contributed by atoms with Crippen LogP contribution in [0.4, 0.5) is 5.69 Å². The number of aromatic carboxylic acids is 1. The first-order valence-electron chi connectivity index (χ1n) is 7.26. The highest BCUT2D eigenvalue weighted by Gasteiger charge is 2.16. The Morgan fingerprint density at radius 1 is 1.08 bits per heavy atom. The third-order valence-electron chi connectivity index (χ3n) is 3.27. The van der Waals surface area contributed by atoms with E-state index in [0.717, 1.165) is 0 Å². The fourth-order valence-electron chi connectivity index (χ4n) is 2.01. The number of amides is 1. The molecule has 2 rings (SSSR count). The molecule has 0 aromatic heterocycles. The lowest BCUT2D eigenvalue weighted by atomic mass is 10.2. The van der Waals surface area contributed by atoms with E-state index in [1.54, 1.807) is 0 Å². The first-order chi connectivity index (χ1) is 12.2. The van der Waals surface area contributed by atoms with E-state index in [4.69, 9.17) is 16.2 Å². The van der Waals surface area contributed by atoms with Crippen molar-refractivity contribution in [2.45, 2.75) is 4.90 Å². The van der Waals surface area contributed by atoms with E-state index >= 15 is 0 Å². The number of hydrogen-bond donors (Lipinski definition) is 5. The number of anilines is 1. The van der Waals surface area contributed by atoms with Gasteiger partial charge in [-0.2, -0.15) is 0 Å². The van der Waals surface area contributed by atoms with Gasteiger partial charge in [-0.25, -0.2) is 17.9 Å². The van der Waals surface area contributed by atoms with E-state index in [2.05, 4.69) is 10.0 Å². The number of nitrogens with two attached hydrogens (primary N) is 1. The molecule has 9 nitrogen and oxygen atoms in total. The normalized spacial score (nSPS) is 10.9. The van der Waals surface area contributed by atoms with Crippen LogP contribution in [0.2, 0.25) is 0 Å². The molecule has 0 fully saturated rings. The fourth-order valence-corrected chi connectivity index (χ4v) is 3.04. The zero-order chi connectivity index (χ0) is 19.3. The van der Waals surface area contributed by atoms with Crippen LogP contribution in [-0.2, 0) is 14.8 Å². The van der Waals surface area contributed by atoms with Gasteiger partial charge in [-0.3, -0.25) is 10.2 Å². The molecule has 136 valence electrons. The summed E-state index contributed by atoms with van der Waals surface area (Å²) in [6.45, 7) is -0.552. The van der Waals surface area contributed by atoms with Gasteiger partial charge in [0.2, 0.25) is 15.9 Å². The molecule has 0 saturated heterocycles. The van der Waals surface area contributed by atoms with Crippen molar-refractivity contribution in [2.24, 2.45) is 5.73 Å². The second-order valence-corrected chi connectivity index (χ2v) is 6.97.